The summed E-state index contributed by atoms with van der Waals surface area (Å²) in [6.07, 6.45) is 3.60. The van der Waals surface area contributed by atoms with Crippen LogP contribution in [0, 0.1) is 23.7 Å². The fraction of sp³-hybridized carbons (Fsp3) is 0.250. The fourth-order valence-corrected chi connectivity index (χ4v) is 8.34. The Kier molecular flexibility index (Phi) is 6.58. The lowest BCUT2D eigenvalue weighted by atomic mass is 9.44. The number of imide groups is 3. The van der Waals surface area contributed by atoms with Crippen LogP contribution in [0.2, 0.25) is 0 Å². The van der Waals surface area contributed by atoms with Gasteiger partial charge in [0, 0.05) is 17.4 Å². The van der Waals surface area contributed by atoms with E-state index >= 15 is 0 Å². The first-order chi connectivity index (χ1) is 21.7. The summed E-state index contributed by atoms with van der Waals surface area (Å²) in [6, 6.07) is 21.9. The Hall–Kier alpha value is -5.31. The topological polar surface area (TPSA) is 144 Å². The molecule has 1 heterocycles. The standard InChI is InChI=1S/C36H30N2O7/c1-45-28-16-20(12-15-27(28)39)31-22-13-14-23-30(34(43)38(33(23)42)35(37)44)25(22)17-26-32(41)24(19-8-4-2-5-9-19)18-29(40)36(26,31)21-10-6-3-7-11-21/h2-13,15-16,18,23,25-26,30-31,39H,14,17H2,1H3,(H2,37,44)/t23-,25+,26-,30-,31-,36-/m0/s1. The molecule has 1 aliphatic heterocycles. The Morgan fingerprint density at radius 2 is 1.62 bits per heavy atom. The quantitative estimate of drug-likeness (QED) is 0.335. The molecular formula is C36H30N2O7. The first-order valence-electron chi connectivity index (χ1n) is 14.9. The van der Waals surface area contributed by atoms with Gasteiger partial charge in [-0.3, -0.25) is 19.2 Å². The summed E-state index contributed by atoms with van der Waals surface area (Å²) in [4.78, 5) is 69.4. The molecule has 9 heteroatoms. The van der Waals surface area contributed by atoms with Crippen molar-refractivity contribution in [3.05, 3.63) is 113 Å². The van der Waals surface area contributed by atoms with Crippen LogP contribution in [0.3, 0.4) is 0 Å². The summed E-state index contributed by atoms with van der Waals surface area (Å²) in [5, 5.41) is 10.5. The lowest BCUT2D eigenvalue weighted by Crippen LogP contribution is -2.58. The maximum Gasteiger partial charge on any atom is 0.328 e. The zero-order valence-electron chi connectivity index (χ0n) is 24.4. The number of carbonyl (C=O) groups is 5. The van der Waals surface area contributed by atoms with Crippen LogP contribution in [0.1, 0.15) is 35.4 Å². The maximum absolute atomic E-state index is 14.9. The van der Waals surface area contributed by atoms with E-state index in [-0.39, 0.29) is 41.5 Å². The normalized spacial score (nSPS) is 28.9. The van der Waals surface area contributed by atoms with Gasteiger partial charge in [0.05, 0.1) is 24.4 Å². The third kappa shape index (κ3) is 3.96. The minimum absolute atomic E-state index is 0.0948. The summed E-state index contributed by atoms with van der Waals surface area (Å²) in [5.41, 5.74) is 6.93. The van der Waals surface area contributed by atoms with Gasteiger partial charge in [0.15, 0.2) is 23.1 Å². The molecule has 1 saturated heterocycles. The van der Waals surface area contributed by atoms with Crippen molar-refractivity contribution < 1.29 is 33.8 Å². The zero-order chi connectivity index (χ0) is 31.6. The number of urea groups is 1. The van der Waals surface area contributed by atoms with Crippen molar-refractivity contribution in [1.82, 2.24) is 4.90 Å². The Balaban J connectivity index is 1.52. The molecule has 3 aromatic carbocycles. The number of benzene rings is 3. The number of nitrogens with zero attached hydrogens (tertiary/aromatic N) is 1. The van der Waals surface area contributed by atoms with E-state index in [0.29, 0.717) is 21.6 Å². The molecule has 45 heavy (non-hydrogen) atoms. The zero-order valence-corrected chi connectivity index (χ0v) is 24.4. The second-order valence-corrected chi connectivity index (χ2v) is 12.1. The van der Waals surface area contributed by atoms with Crippen molar-refractivity contribution >= 4 is 35.0 Å². The molecule has 1 saturated carbocycles. The summed E-state index contributed by atoms with van der Waals surface area (Å²) in [5.74, 6) is -5.81. The number of hydrogen-bond donors (Lipinski definition) is 2. The second-order valence-electron chi connectivity index (χ2n) is 12.1. The van der Waals surface area contributed by atoms with Gasteiger partial charge in [0.25, 0.3) is 0 Å². The molecule has 0 aromatic heterocycles. The Morgan fingerprint density at radius 3 is 2.29 bits per heavy atom. The van der Waals surface area contributed by atoms with E-state index in [2.05, 4.69) is 0 Å². The average molecular weight is 603 g/mol. The van der Waals surface area contributed by atoms with Crippen molar-refractivity contribution in [3.8, 4) is 11.5 Å². The van der Waals surface area contributed by atoms with E-state index in [9.17, 15) is 29.1 Å². The van der Waals surface area contributed by atoms with Gasteiger partial charge in [-0.05, 0) is 53.7 Å². The number of ether oxygens (including phenoxy) is 1. The van der Waals surface area contributed by atoms with Crippen LogP contribution in [-0.2, 0) is 24.6 Å². The van der Waals surface area contributed by atoms with Crippen LogP contribution in [0.5, 0.6) is 11.5 Å². The fourth-order valence-electron chi connectivity index (χ4n) is 8.34. The molecule has 0 spiro atoms. The van der Waals surface area contributed by atoms with Gasteiger partial charge in [-0.15, -0.1) is 0 Å². The molecule has 0 bridgehead atoms. The number of primary amides is 1. The number of fused-ring (bicyclic) bond motifs is 4. The van der Waals surface area contributed by atoms with E-state index in [1.165, 1.54) is 19.3 Å². The third-order valence-electron chi connectivity index (χ3n) is 10.1. The molecule has 3 N–H and O–H groups in total. The van der Waals surface area contributed by atoms with Crippen molar-refractivity contribution in [2.75, 3.05) is 7.11 Å². The summed E-state index contributed by atoms with van der Waals surface area (Å²) in [7, 11) is 1.42. The number of methoxy groups -OCH3 is 1. The van der Waals surface area contributed by atoms with Crippen molar-refractivity contribution in [3.63, 3.8) is 0 Å². The van der Waals surface area contributed by atoms with Gasteiger partial charge in [-0.1, -0.05) is 78.4 Å². The lowest BCUT2D eigenvalue weighted by molar-refractivity contribution is -0.137. The molecule has 0 unspecified atom stereocenters. The number of ketones is 2. The van der Waals surface area contributed by atoms with Gasteiger partial charge in [-0.25, -0.2) is 4.79 Å². The lowest BCUT2D eigenvalue weighted by Gasteiger charge is -2.55. The number of phenolic OH excluding ortho intramolecular Hbond substituents is 1. The monoisotopic (exact) mass is 602 g/mol. The Morgan fingerprint density at radius 1 is 0.933 bits per heavy atom. The molecule has 6 atom stereocenters. The van der Waals surface area contributed by atoms with E-state index in [1.54, 1.807) is 36.4 Å². The number of likely N-dealkylation sites (tertiary alicyclic amines) is 1. The number of rotatable bonds is 4. The van der Waals surface area contributed by atoms with E-state index in [4.69, 9.17) is 10.5 Å². The number of amides is 4. The van der Waals surface area contributed by atoms with Crippen LogP contribution in [-0.4, -0.2) is 46.5 Å². The summed E-state index contributed by atoms with van der Waals surface area (Å²) >= 11 is 0. The van der Waals surface area contributed by atoms with E-state index < -0.39 is 52.8 Å². The van der Waals surface area contributed by atoms with Crippen molar-refractivity contribution in [2.24, 2.45) is 29.4 Å². The minimum atomic E-state index is -1.41. The number of Topliss-reactive ketones (excluding diaryl/α,β-unsaturated/α-hetero) is 1. The minimum Gasteiger partial charge on any atom is -0.504 e. The van der Waals surface area contributed by atoms with Crippen molar-refractivity contribution in [1.29, 1.82) is 0 Å². The predicted molar refractivity (Wildman–Crippen MR) is 163 cm³/mol. The van der Waals surface area contributed by atoms with Gasteiger partial charge >= 0.3 is 6.03 Å². The number of nitrogens with two attached hydrogens (primary N) is 1. The van der Waals surface area contributed by atoms with Crippen LogP contribution < -0.4 is 10.5 Å². The number of carbonyl (C=O) groups excluding carboxylic acids is 5. The predicted octanol–water partition coefficient (Wildman–Crippen LogP) is 4.30. The number of aromatic hydroxyl groups is 1. The number of phenols is 1. The molecule has 226 valence electrons. The molecule has 4 amide bonds. The molecule has 3 aliphatic carbocycles. The first-order valence-corrected chi connectivity index (χ1v) is 14.9. The van der Waals surface area contributed by atoms with Gasteiger partial charge in [0.2, 0.25) is 11.8 Å². The number of allylic oxidation sites excluding steroid dienone is 4. The van der Waals surface area contributed by atoms with E-state index in [0.717, 1.165) is 5.57 Å². The van der Waals surface area contributed by atoms with Gasteiger partial charge in [0.1, 0.15) is 0 Å². The molecule has 3 aromatic rings. The first kappa shape index (κ1) is 28.5. The van der Waals surface area contributed by atoms with Crippen LogP contribution in [0.4, 0.5) is 4.79 Å². The maximum atomic E-state index is 14.9. The third-order valence-corrected chi connectivity index (χ3v) is 10.1. The van der Waals surface area contributed by atoms with Gasteiger partial charge in [-0.2, -0.15) is 4.90 Å². The highest BCUT2D eigenvalue weighted by Gasteiger charge is 2.66. The summed E-state index contributed by atoms with van der Waals surface area (Å²) < 4.78 is 5.46. The molecule has 2 fully saturated rings. The van der Waals surface area contributed by atoms with Gasteiger partial charge < -0.3 is 15.6 Å². The van der Waals surface area contributed by atoms with Crippen molar-refractivity contribution in [2.45, 2.75) is 24.2 Å². The Labute approximate surface area is 259 Å². The molecule has 9 nitrogen and oxygen atoms in total. The summed E-state index contributed by atoms with van der Waals surface area (Å²) in [6.45, 7) is 0. The van der Waals surface area contributed by atoms with E-state index in [1.807, 2.05) is 42.5 Å². The SMILES string of the molecule is COc1cc([C@H]2C3=CC[C@@H]4C(=O)N(C(N)=O)C(=O)[C@@H]4[C@@H]3C[C@H]3C(=O)C(c4ccccc4)=CC(=O)[C@@]23c2ccccc2)ccc1O. The molecule has 0 radical (unpaired) electrons. The van der Waals surface area contributed by atoms with Crippen LogP contribution >= 0.6 is 0 Å². The van der Waals surface area contributed by atoms with Crippen LogP contribution in [0.25, 0.3) is 5.57 Å². The highest BCUT2D eigenvalue weighted by Crippen LogP contribution is 2.63. The van der Waals surface area contributed by atoms with Crippen LogP contribution in [0.15, 0.2) is 96.6 Å². The molecule has 7 rings (SSSR count). The molecule has 4 aliphatic rings. The Bertz CT molecular complexity index is 1850. The molecular weight excluding hydrogens is 572 g/mol. The highest BCUT2D eigenvalue weighted by molar-refractivity contribution is 6.31. The smallest absolute Gasteiger partial charge is 0.328 e. The second kappa shape index (κ2) is 10.4. The number of hydrogen-bond acceptors (Lipinski definition) is 7. The highest BCUT2D eigenvalue weighted by atomic mass is 16.5. The average Bonchev–Trinajstić information content (AvgIpc) is 3.32. The largest absolute Gasteiger partial charge is 0.504 e.